The monoisotopic (exact) mass is 474 g/mol. The zero-order chi connectivity index (χ0) is 23.5. The first-order chi connectivity index (χ1) is 15.9. The SMILES string of the molecule is CCCCCCCCC1CCC(C2CCC(C3OCC(CCCC(F)(F)F)CO3)CC2)CC1. The lowest BCUT2D eigenvalue weighted by atomic mass is 9.68. The lowest BCUT2D eigenvalue weighted by molar-refractivity contribution is -0.231. The molecule has 0 bridgehead atoms. The zero-order valence-corrected chi connectivity index (χ0v) is 21.1. The molecule has 0 aromatic rings. The summed E-state index contributed by atoms with van der Waals surface area (Å²) in [6.07, 6.45) is 16.5. The summed E-state index contributed by atoms with van der Waals surface area (Å²) in [6, 6.07) is 0. The van der Waals surface area contributed by atoms with E-state index in [2.05, 4.69) is 6.92 Å². The molecule has 0 amide bonds. The van der Waals surface area contributed by atoms with E-state index in [9.17, 15) is 13.2 Å². The molecule has 0 atom stereocenters. The molecule has 3 rings (SSSR count). The van der Waals surface area contributed by atoms with Crippen LogP contribution >= 0.6 is 0 Å². The Morgan fingerprint density at radius 3 is 1.73 bits per heavy atom. The molecule has 0 aromatic heterocycles. The van der Waals surface area contributed by atoms with E-state index in [-0.39, 0.29) is 18.6 Å². The third-order valence-electron chi connectivity index (χ3n) is 8.79. The molecule has 5 heteroatoms. The summed E-state index contributed by atoms with van der Waals surface area (Å²) in [4.78, 5) is 0. The molecule has 0 unspecified atom stereocenters. The van der Waals surface area contributed by atoms with Crippen LogP contribution in [0.15, 0.2) is 0 Å². The van der Waals surface area contributed by atoms with Crippen molar-refractivity contribution < 1.29 is 22.6 Å². The van der Waals surface area contributed by atoms with Crippen molar-refractivity contribution >= 4 is 0 Å². The van der Waals surface area contributed by atoms with Gasteiger partial charge in [0.05, 0.1) is 13.2 Å². The van der Waals surface area contributed by atoms with Crippen LogP contribution in [0.1, 0.15) is 122 Å². The van der Waals surface area contributed by atoms with E-state index >= 15 is 0 Å². The molecule has 0 spiro atoms. The lowest BCUT2D eigenvalue weighted by Gasteiger charge is -2.41. The van der Waals surface area contributed by atoms with Gasteiger partial charge in [-0.25, -0.2) is 0 Å². The van der Waals surface area contributed by atoms with Crippen molar-refractivity contribution in [2.24, 2.45) is 29.6 Å². The van der Waals surface area contributed by atoms with E-state index in [0.29, 0.717) is 25.6 Å². The van der Waals surface area contributed by atoms with Gasteiger partial charge in [-0.1, -0.05) is 64.7 Å². The minimum atomic E-state index is -4.05. The van der Waals surface area contributed by atoms with Crippen molar-refractivity contribution in [3.63, 3.8) is 0 Å². The van der Waals surface area contributed by atoms with E-state index in [1.165, 1.54) is 96.3 Å². The van der Waals surface area contributed by atoms with Crippen LogP contribution in [0, 0.1) is 29.6 Å². The smallest absolute Gasteiger partial charge is 0.352 e. The van der Waals surface area contributed by atoms with Gasteiger partial charge in [0.15, 0.2) is 6.29 Å². The fraction of sp³-hybridized carbons (Fsp3) is 1.00. The van der Waals surface area contributed by atoms with Gasteiger partial charge in [-0.15, -0.1) is 0 Å². The summed E-state index contributed by atoms with van der Waals surface area (Å²) in [6.45, 7) is 3.41. The summed E-state index contributed by atoms with van der Waals surface area (Å²) in [5, 5.41) is 0. The predicted molar refractivity (Wildman–Crippen MR) is 128 cm³/mol. The standard InChI is InChI=1S/C28H49F3O2/c1-2-3-4-5-6-7-9-22-11-13-24(14-12-22)25-15-17-26(18-16-25)27-32-20-23(21-33-27)10-8-19-28(29,30)31/h22-27H,2-21H2,1H3. The normalized spacial score (nSPS) is 33.8. The Hall–Kier alpha value is -0.290. The van der Waals surface area contributed by atoms with Crippen molar-refractivity contribution in [1.29, 1.82) is 0 Å². The van der Waals surface area contributed by atoms with Gasteiger partial charge in [0.25, 0.3) is 0 Å². The molecule has 1 aliphatic heterocycles. The van der Waals surface area contributed by atoms with Crippen LogP contribution in [-0.2, 0) is 9.47 Å². The van der Waals surface area contributed by atoms with Crippen molar-refractivity contribution in [2.45, 2.75) is 135 Å². The molecule has 194 valence electrons. The molecule has 3 fully saturated rings. The van der Waals surface area contributed by atoms with E-state index in [1.807, 2.05) is 0 Å². The number of rotatable bonds is 12. The van der Waals surface area contributed by atoms with E-state index in [0.717, 1.165) is 17.8 Å². The first kappa shape index (κ1) is 27.3. The fourth-order valence-corrected chi connectivity index (χ4v) is 6.64. The predicted octanol–water partition coefficient (Wildman–Crippen LogP) is 9.07. The van der Waals surface area contributed by atoms with Gasteiger partial charge in [-0.2, -0.15) is 13.2 Å². The van der Waals surface area contributed by atoms with Crippen LogP contribution in [0.3, 0.4) is 0 Å². The van der Waals surface area contributed by atoms with Gasteiger partial charge in [0.1, 0.15) is 0 Å². The first-order valence-corrected chi connectivity index (χ1v) is 14.2. The van der Waals surface area contributed by atoms with Crippen LogP contribution in [0.25, 0.3) is 0 Å². The van der Waals surface area contributed by atoms with Crippen LogP contribution < -0.4 is 0 Å². The molecule has 1 saturated heterocycles. The number of ether oxygens (including phenoxy) is 2. The highest BCUT2D eigenvalue weighted by Gasteiger charge is 2.36. The maximum Gasteiger partial charge on any atom is 0.389 e. The molecule has 2 saturated carbocycles. The minimum absolute atomic E-state index is 0.117. The second-order valence-electron chi connectivity index (χ2n) is 11.4. The summed E-state index contributed by atoms with van der Waals surface area (Å²) >= 11 is 0. The summed E-state index contributed by atoms with van der Waals surface area (Å²) in [5.41, 5.74) is 0. The van der Waals surface area contributed by atoms with Gasteiger partial charge >= 0.3 is 6.18 Å². The molecule has 33 heavy (non-hydrogen) atoms. The second kappa shape index (κ2) is 14.3. The van der Waals surface area contributed by atoms with Crippen molar-refractivity contribution in [3.05, 3.63) is 0 Å². The Balaban J connectivity index is 1.24. The first-order valence-electron chi connectivity index (χ1n) is 14.2. The van der Waals surface area contributed by atoms with E-state index < -0.39 is 12.6 Å². The molecule has 1 heterocycles. The van der Waals surface area contributed by atoms with Gasteiger partial charge in [0, 0.05) is 18.3 Å². The quantitative estimate of drug-likeness (QED) is 0.263. The van der Waals surface area contributed by atoms with E-state index in [1.54, 1.807) is 0 Å². The topological polar surface area (TPSA) is 18.5 Å². The Labute approximate surface area is 200 Å². The molecule has 0 N–H and O–H groups in total. The average molecular weight is 475 g/mol. The molecule has 0 aromatic carbocycles. The van der Waals surface area contributed by atoms with Gasteiger partial charge in [-0.3, -0.25) is 0 Å². The average Bonchev–Trinajstić information content (AvgIpc) is 2.82. The maximum atomic E-state index is 12.3. The number of unbranched alkanes of at least 4 members (excludes halogenated alkanes) is 5. The Kier molecular flexibility index (Phi) is 11.8. The summed E-state index contributed by atoms with van der Waals surface area (Å²) in [7, 11) is 0. The van der Waals surface area contributed by atoms with Crippen LogP contribution in [0.4, 0.5) is 13.2 Å². The van der Waals surface area contributed by atoms with Crippen LogP contribution in [-0.4, -0.2) is 25.7 Å². The lowest BCUT2D eigenvalue weighted by Crippen LogP contribution is -2.39. The van der Waals surface area contributed by atoms with E-state index in [4.69, 9.17) is 9.47 Å². The Bertz CT molecular complexity index is 500. The third kappa shape index (κ3) is 10.1. The molecule has 0 radical (unpaired) electrons. The van der Waals surface area contributed by atoms with Crippen molar-refractivity contribution in [2.75, 3.05) is 13.2 Å². The largest absolute Gasteiger partial charge is 0.389 e. The van der Waals surface area contributed by atoms with Crippen molar-refractivity contribution in [1.82, 2.24) is 0 Å². The molecule has 3 aliphatic rings. The molecular weight excluding hydrogens is 425 g/mol. The highest BCUT2D eigenvalue weighted by atomic mass is 19.4. The Morgan fingerprint density at radius 1 is 0.606 bits per heavy atom. The number of hydrogen-bond acceptors (Lipinski definition) is 2. The van der Waals surface area contributed by atoms with Gasteiger partial charge in [0.2, 0.25) is 0 Å². The minimum Gasteiger partial charge on any atom is -0.352 e. The van der Waals surface area contributed by atoms with Gasteiger partial charge in [-0.05, 0) is 69.1 Å². The second-order valence-corrected chi connectivity index (χ2v) is 11.4. The number of halogens is 3. The summed E-state index contributed by atoms with van der Waals surface area (Å²) < 4.78 is 48.9. The number of alkyl halides is 3. The zero-order valence-electron chi connectivity index (χ0n) is 21.1. The maximum absolute atomic E-state index is 12.3. The highest BCUT2D eigenvalue weighted by Crippen LogP contribution is 2.43. The Morgan fingerprint density at radius 2 is 1.12 bits per heavy atom. The van der Waals surface area contributed by atoms with Crippen molar-refractivity contribution in [3.8, 4) is 0 Å². The third-order valence-corrected chi connectivity index (χ3v) is 8.79. The van der Waals surface area contributed by atoms with Crippen LogP contribution in [0.5, 0.6) is 0 Å². The molecule has 2 nitrogen and oxygen atoms in total. The number of hydrogen-bond donors (Lipinski definition) is 0. The highest BCUT2D eigenvalue weighted by molar-refractivity contribution is 4.83. The van der Waals surface area contributed by atoms with Crippen LogP contribution in [0.2, 0.25) is 0 Å². The summed E-state index contributed by atoms with van der Waals surface area (Å²) in [5.74, 6) is 3.39. The molecular formula is C28H49F3O2. The van der Waals surface area contributed by atoms with Gasteiger partial charge < -0.3 is 9.47 Å². The molecule has 2 aliphatic carbocycles. The fourth-order valence-electron chi connectivity index (χ4n) is 6.64.